The van der Waals surface area contributed by atoms with Crippen molar-refractivity contribution in [2.45, 2.75) is 18.9 Å². The lowest BCUT2D eigenvalue weighted by molar-refractivity contribution is -0.128. The molecule has 0 aromatic heterocycles. The summed E-state index contributed by atoms with van der Waals surface area (Å²) in [5.41, 5.74) is 6.90. The number of hydrogen-bond donors (Lipinski definition) is 1. The Labute approximate surface area is 113 Å². The van der Waals surface area contributed by atoms with Crippen LogP contribution in [0.1, 0.15) is 24.4 Å². The highest BCUT2D eigenvalue weighted by Crippen LogP contribution is 2.33. The number of hydrogen-bond acceptors (Lipinski definition) is 4. The fourth-order valence-electron chi connectivity index (χ4n) is 1.94. The van der Waals surface area contributed by atoms with Crippen LogP contribution in [0.25, 0.3) is 0 Å². The number of rotatable bonds is 5. The molecule has 1 aromatic carbocycles. The van der Waals surface area contributed by atoms with Gasteiger partial charge in [0.2, 0.25) is 5.91 Å². The maximum absolute atomic E-state index is 11.4. The Morgan fingerprint density at radius 2 is 2.32 bits per heavy atom. The maximum Gasteiger partial charge on any atom is 0.222 e. The van der Waals surface area contributed by atoms with Gasteiger partial charge >= 0.3 is 0 Å². The summed E-state index contributed by atoms with van der Waals surface area (Å²) in [6.07, 6.45) is 1.20. The van der Waals surface area contributed by atoms with E-state index in [4.69, 9.17) is 15.2 Å². The average molecular weight is 264 g/mol. The lowest BCUT2D eigenvalue weighted by atomic mass is 10.1. The first kappa shape index (κ1) is 13.7. The van der Waals surface area contributed by atoms with Crippen molar-refractivity contribution < 1.29 is 14.3 Å². The first-order valence-electron chi connectivity index (χ1n) is 6.43. The van der Waals surface area contributed by atoms with E-state index in [-0.39, 0.29) is 11.9 Å². The second-order valence-corrected chi connectivity index (χ2v) is 4.86. The van der Waals surface area contributed by atoms with E-state index in [1.54, 1.807) is 19.0 Å². The summed E-state index contributed by atoms with van der Waals surface area (Å²) < 4.78 is 11.1. The molecule has 0 fully saturated rings. The summed E-state index contributed by atoms with van der Waals surface area (Å²) in [6, 6.07) is 5.64. The fourth-order valence-corrected chi connectivity index (χ4v) is 1.94. The van der Waals surface area contributed by atoms with E-state index < -0.39 is 0 Å². The number of nitrogens with zero attached hydrogens (tertiary/aromatic N) is 1. The molecule has 104 valence electrons. The minimum atomic E-state index is -0.0400. The first-order valence-corrected chi connectivity index (χ1v) is 6.43. The zero-order valence-electron chi connectivity index (χ0n) is 11.4. The molecule has 1 aliphatic rings. The normalized spacial score (nSPS) is 16.7. The van der Waals surface area contributed by atoms with Gasteiger partial charge in [0.05, 0.1) is 12.6 Å². The largest absolute Gasteiger partial charge is 0.493 e. The third-order valence-corrected chi connectivity index (χ3v) is 3.11. The third-order valence-electron chi connectivity index (χ3n) is 3.11. The van der Waals surface area contributed by atoms with E-state index in [2.05, 4.69) is 0 Å². The van der Waals surface area contributed by atoms with E-state index in [0.29, 0.717) is 26.1 Å². The molecule has 1 aliphatic heterocycles. The second-order valence-electron chi connectivity index (χ2n) is 4.86. The second kappa shape index (κ2) is 5.93. The highest BCUT2D eigenvalue weighted by atomic mass is 16.5. The van der Waals surface area contributed by atoms with Crippen LogP contribution in [0.3, 0.4) is 0 Å². The molecule has 5 heteroatoms. The predicted molar refractivity (Wildman–Crippen MR) is 72.3 cm³/mol. The van der Waals surface area contributed by atoms with Crippen LogP contribution in [0.4, 0.5) is 0 Å². The Morgan fingerprint density at radius 1 is 1.53 bits per heavy atom. The van der Waals surface area contributed by atoms with Crippen molar-refractivity contribution in [1.82, 2.24) is 4.90 Å². The quantitative estimate of drug-likeness (QED) is 0.815. The zero-order chi connectivity index (χ0) is 13.8. The molecular weight excluding hydrogens is 244 g/mol. The van der Waals surface area contributed by atoms with Crippen LogP contribution < -0.4 is 15.2 Å². The molecule has 1 amide bonds. The van der Waals surface area contributed by atoms with Gasteiger partial charge in [0, 0.05) is 32.1 Å². The van der Waals surface area contributed by atoms with Crippen molar-refractivity contribution >= 4 is 5.91 Å². The van der Waals surface area contributed by atoms with Crippen LogP contribution >= 0.6 is 0 Å². The van der Waals surface area contributed by atoms with Crippen molar-refractivity contribution in [1.29, 1.82) is 0 Å². The number of benzene rings is 1. The molecule has 5 nitrogen and oxygen atoms in total. The van der Waals surface area contributed by atoms with E-state index in [1.807, 2.05) is 18.2 Å². The average Bonchev–Trinajstić information content (AvgIpc) is 2.75. The molecule has 0 saturated carbocycles. The molecule has 1 unspecified atom stereocenters. The molecule has 0 spiro atoms. The van der Waals surface area contributed by atoms with Gasteiger partial charge in [-0.05, 0) is 18.6 Å². The summed E-state index contributed by atoms with van der Waals surface area (Å²) in [6.45, 7) is 1.04. The number of ether oxygens (including phenoxy) is 2. The molecular formula is C14H20N2O3. The van der Waals surface area contributed by atoms with Gasteiger partial charge in [-0.15, -0.1) is 0 Å². The first-order chi connectivity index (χ1) is 9.08. The molecule has 0 bridgehead atoms. The summed E-state index contributed by atoms with van der Waals surface area (Å²) >= 11 is 0. The molecule has 1 aromatic rings. The van der Waals surface area contributed by atoms with Gasteiger partial charge in [-0.3, -0.25) is 4.79 Å². The van der Waals surface area contributed by atoms with Crippen molar-refractivity contribution in [3.63, 3.8) is 0 Å². The molecule has 19 heavy (non-hydrogen) atoms. The Balaban J connectivity index is 1.80. The molecule has 0 radical (unpaired) electrons. The van der Waals surface area contributed by atoms with Gasteiger partial charge in [0.1, 0.15) is 18.1 Å². The number of carbonyl (C=O) groups excluding carboxylic acids is 1. The Kier molecular flexibility index (Phi) is 4.27. The van der Waals surface area contributed by atoms with Crippen LogP contribution in [-0.4, -0.2) is 38.1 Å². The fraction of sp³-hybridized carbons (Fsp3) is 0.500. The number of carbonyl (C=O) groups is 1. The number of amides is 1. The summed E-state index contributed by atoms with van der Waals surface area (Å²) in [7, 11) is 3.51. The van der Waals surface area contributed by atoms with Crippen molar-refractivity contribution in [2.24, 2.45) is 5.73 Å². The summed E-state index contributed by atoms with van der Waals surface area (Å²) in [5, 5.41) is 0. The van der Waals surface area contributed by atoms with Crippen LogP contribution in [0, 0.1) is 0 Å². The number of nitrogens with two attached hydrogens (primary N) is 1. The maximum atomic E-state index is 11.4. The van der Waals surface area contributed by atoms with E-state index in [9.17, 15) is 4.79 Å². The van der Waals surface area contributed by atoms with Crippen molar-refractivity contribution in [2.75, 3.05) is 27.3 Å². The molecule has 2 N–H and O–H groups in total. The molecule has 1 heterocycles. The van der Waals surface area contributed by atoms with Gasteiger partial charge in [-0.25, -0.2) is 0 Å². The highest BCUT2D eigenvalue weighted by molar-refractivity contribution is 5.75. The molecule has 1 atom stereocenters. The Hall–Kier alpha value is -1.75. The lowest BCUT2D eigenvalue weighted by Crippen LogP contribution is -2.21. The predicted octanol–water partition coefficient (Wildman–Crippen LogP) is 1.33. The Bertz CT molecular complexity index is 460. The van der Waals surface area contributed by atoms with Crippen LogP contribution in [0.5, 0.6) is 11.5 Å². The molecule has 2 rings (SSSR count). The van der Waals surface area contributed by atoms with E-state index in [1.165, 1.54) is 0 Å². The standard InChI is InChI=1S/C14H20N2O3/c1-16(2)14(17)4-3-7-18-10-5-6-11-12(15)9-19-13(11)8-10/h5-6,8,12H,3-4,7,9,15H2,1-2H3. The van der Waals surface area contributed by atoms with Crippen molar-refractivity contribution in [3.05, 3.63) is 23.8 Å². The summed E-state index contributed by atoms with van der Waals surface area (Å²) in [5.74, 6) is 1.67. The van der Waals surface area contributed by atoms with Crippen LogP contribution in [-0.2, 0) is 4.79 Å². The van der Waals surface area contributed by atoms with Crippen LogP contribution in [0.15, 0.2) is 18.2 Å². The topological polar surface area (TPSA) is 64.8 Å². The van der Waals surface area contributed by atoms with E-state index in [0.717, 1.165) is 17.1 Å². The molecule has 0 aliphatic carbocycles. The van der Waals surface area contributed by atoms with Crippen LogP contribution in [0.2, 0.25) is 0 Å². The van der Waals surface area contributed by atoms with Gasteiger partial charge in [-0.1, -0.05) is 0 Å². The minimum Gasteiger partial charge on any atom is -0.493 e. The smallest absolute Gasteiger partial charge is 0.222 e. The molecule has 0 saturated heterocycles. The van der Waals surface area contributed by atoms with Crippen molar-refractivity contribution in [3.8, 4) is 11.5 Å². The van der Waals surface area contributed by atoms with E-state index >= 15 is 0 Å². The van der Waals surface area contributed by atoms with Gasteiger partial charge in [0.25, 0.3) is 0 Å². The summed E-state index contributed by atoms with van der Waals surface area (Å²) in [4.78, 5) is 13.0. The Morgan fingerprint density at radius 3 is 3.05 bits per heavy atom. The minimum absolute atomic E-state index is 0.0400. The zero-order valence-corrected chi connectivity index (χ0v) is 11.4. The highest BCUT2D eigenvalue weighted by Gasteiger charge is 2.20. The third kappa shape index (κ3) is 3.38. The SMILES string of the molecule is CN(C)C(=O)CCCOc1ccc2c(c1)OCC2N. The lowest BCUT2D eigenvalue weighted by Gasteiger charge is -2.11. The monoisotopic (exact) mass is 264 g/mol. The van der Waals surface area contributed by atoms with Gasteiger partial charge in [0.15, 0.2) is 0 Å². The van der Waals surface area contributed by atoms with Gasteiger partial charge in [-0.2, -0.15) is 0 Å². The number of fused-ring (bicyclic) bond motifs is 1. The van der Waals surface area contributed by atoms with Gasteiger partial charge < -0.3 is 20.1 Å².